The monoisotopic (exact) mass is 257 g/mol. The second-order valence-corrected chi connectivity index (χ2v) is 5.52. The molecule has 0 saturated carbocycles. The van der Waals surface area contributed by atoms with Gasteiger partial charge in [-0.25, -0.2) is 0 Å². The quantitative estimate of drug-likeness (QED) is 0.471. The van der Waals surface area contributed by atoms with Gasteiger partial charge in [-0.3, -0.25) is 14.3 Å². The van der Waals surface area contributed by atoms with Crippen molar-refractivity contribution in [3.8, 4) is 0 Å². The van der Waals surface area contributed by atoms with Crippen LogP contribution in [0.5, 0.6) is 0 Å². The average molecular weight is 257 g/mol. The summed E-state index contributed by atoms with van der Waals surface area (Å²) in [6, 6.07) is 4.24. The van der Waals surface area contributed by atoms with Crippen LogP contribution in [0.2, 0.25) is 0 Å². The average Bonchev–Trinajstić information content (AvgIpc) is 2.26. The van der Waals surface area contributed by atoms with Gasteiger partial charge in [0.05, 0.1) is 16.3 Å². The number of nitrogen functional groups attached to an aromatic ring is 1. The van der Waals surface area contributed by atoms with E-state index < -0.39 is 15.7 Å². The van der Waals surface area contributed by atoms with Crippen molar-refractivity contribution in [3.63, 3.8) is 0 Å². The van der Waals surface area contributed by atoms with Crippen LogP contribution in [0.4, 0.5) is 17.1 Å². The smallest absolute Gasteiger partial charge is 0.271 e. The molecule has 1 rings (SSSR count). The van der Waals surface area contributed by atoms with E-state index in [1.807, 2.05) is 6.92 Å². The molecule has 7 heteroatoms. The largest absolute Gasteiger partial charge is 0.397 e. The lowest BCUT2D eigenvalue weighted by Gasteiger charge is -2.12. The Balaban J connectivity index is 2.73. The van der Waals surface area contributed by atoms with E-state index in [0.717, 1.165) is 0 Å². The van der Waals surface area contributed by atoms with Crippen molar-refractivity contribution in [3.05, 3.63) is 28.3 Å². The molecule has 0 radical (unpaired) electrons. The van der Waals surface area contributed by atoms with Crippen molar-refractivity contribution in [1.29, 1.82) is 0 Å². The van der Waals surface area contributed by atoms with Gasteiger partial charge in [0.2, 0.25) is 0 Å². The van der Waals surface area contributed by atoms with Crippen LogP contribution in [0.25, 0.3) is 0 Å². The van der Waals surface area contributed by atoms with Crippen LogP contribution < -0.4 is 11.1 Å². The molecule has 6 nitrogen and oxygen atoms in total. The summed E-state index contributed by atoms with van der Waals surface area (Å²) in [5, 5.41) is 13.5. The highest BCUT2D eigenvalue weighted by Gasteiger charge is 2.10. The van der Waals surface area contributed by atoms with Crippen LogP contribution in [-0.4, -0.2) is 27.2 Å². The van der Waals surface area contributed by atoms with Gasteiger partial charge in [-0.1, -0.05) is 0 Å². The van der Waals surface area contributed by atoms with Crippen molar-refractivity contribution >= 4 is 27.9 Å². The molecule has 0 aromatic heterocycles. The normalized spacial score (nSPS) is 14.0. The van der Waals surface area contributed by atoms with E-state index in [4.69, 9.17) is 5.73 Å². The van der Waals surface area contributed by atoms with Crippen LogP contribution in [-0.2, 0) is 10.8 Å². The molecule has 0 fully saturated rings. The van der Waals surface area contributed by atoms with E-state index >= 15 is 0 Å². The standard InChI is InChI=1S/C10H15N3O3S/c1-7(17(2)16)6-12-10-4-3-8(13(14)15)5-9(10)11/h3-5,7,12H,6,11H2,1-2H3. The molecular formula is C10H15N3O3S. The van der Waals surface area contributed by atoms with E-state index in [-0.39, 0.29) is 10.9 Å². The molecule has 0 spiro atoms. The minimum Gasteiger partial charge on any atom is -0.397 e. The Morgan fingerprint density at radius 2 is 2.24 bits per heavy atom. The first kappa shape index (κ1) is 13.4. The Morgan fingerprint density at radius 3 is 2.71 bits per heavy atom. The lowest BCUT2D eigenvalue weighted by atomic mass is 10.2. The number of hydrogen-bond acceptors (Lipinski definition) is 5. The third-order valence-corrected chi connectivity index (χ3v) is 3.69. The molecule has 0 aliphatic heterocycles. The number of non-ortho nitro benzene ring substituents is 1. The molecule has 1 aromatic carbocycles. The van der Waals surface area contributed by atoms with Gasteiger partial charge < -0.3 is 11.1 Å². The Labute approximate surface area is 102 Å². The summed E-state index contributed by atoms with van der Waals surface area (Å²) in [4.78, 5) is 10.0. The number of nitrogens with one attached hydrogen (secondary N) is 1. The predicted molar refractivity (Wildman–Crippen MR) is 69.5 cm³/mol. The van der Waals surface area contributed by atoms with Crippen molar-refractivity contribution in [2.24, 2.45) is 0 Å². The zero-order valence-electron chi connectivity index (χ0n) is 9.67. The van der Waals surface area contributed by atoms with Gasteiger partial charge in [0.25, 0.3) is 5.69 Å². The maximum atomic E-state index is 11.1. The van der Waals surface area contributed by atoms with Crippen molar-refractivity contribution in [2.75, 3.05) is 23.9 Å². The number of nitrogens with zero attached hydrogens (tertiary/aromatic N) is 1. The SMILES string of the molecule is CC(CNc1ccc([N+](=O)[O-])cc1N)S(C)=O. The van der Waals surface area contributed by atoms with Gasteiger partial charge >= 0.3 is 0 Å². The zero-order chi connectivity index (χ0) is 13.0. The number of anilines is 2. The van der Waals surface area contributed by atoms with Crippen LogP contribution >= 0.6 is 0 Å². The molecule has 0 aliphatic carbocycles. The van der Waals surface area contributed by atoms with Crippen LogP contribution in [0, 0.1) is 10.1 Å². The highest BCUT2D eigenvalue weighted by Crippen LogP contribution is 2.24. The van der Waals surface area contributed by atoms with E-state index in [1.165, 1.54) is 12.1 Å². The third kappa shape index (κ3) is 3.70. The molecule has 3 N–H and O–H groups in total. The van der Waals surface area contributed by atoms with Gasteiger partial charge in [-0.15, -0.1) is 0 Å². The number of benzene rings is 1. The number of nitro groups is 1. The fraction of sp³-hybridized carbons (Fsp3) is 0.400. The predicted octanol–water partition coefficient (Wildman–Crippen LogP) is 1.36. The second kappa shape index (κ2) is 5.62. The van der Waals surface area contributed by atoms with E-state index in [0.29, 0.717) is 17.9 Å². The Morgan fingerprint density at radius 1 is 1.59 bits per heavy atom. The fourth-order valence-electron chi connectivity index (χ4n) is 1.20. The Kier molecular flexibility index (Phi) is 4.45. The maximum Gasteiger partial charge on any atom is 0.271 e. The van der Waals surface area contributed by atoms with Gasteiger partial charge in [0, 0.05) is 41.0 Å². The molecular weight excluding hydrogens is 242 g/mol. The van der Waals surface area contributed by atoms with Gasteiger partial charge in [0.15, 0.2) is 0 Å². The molecule has 0 amide bonds. The van der Waals surface area contributed by atoms with E-state index in [9.17, 15) is 14.3 Å². The Hall–Kier alpha value is -1.63. The van der Waals surface area contributed by atoms with Gasteiger partial charge in [0.1, 0.15) is 0 Å². The fourth-order valence-corrected chi connectivity index (χ4v) is 1.51. The molecule has 0 aliphatic rings. The molecule has 0 saturated heterocycles. The third-order valence-electron chi connectivity index (χ3n) is 2.39. The molecule has 0 heterocycles. The molecule has 17 heavy (non-hydrogen) atoms. The van der Waals surface area contributed by atoms with Gasteiger partial charge in [-0.05, 0) is 13.0 Å². The zero-order valence-corrected chi connectivity index (χ0v) is 10.5. The number of rotatable bonds is 5. The van der Waals surface area contributed by atoms with Crippen LogP contribution in [0.1, 0.15) is 6.92 Å². The molecule has 2 atom stereocenters. The minimum absolute atomic E-state index is 0.00964. The second-order valence-electron chi connectivity index (χ2n) is 3.72. The first-order chi connectivity index (χ1) is 7.91. The summed E-state index contributed by atoms with van der Waals surface area (Å²) in [5.41, 5.74) is 6.57. The van der Waals surface area contributed by atoms with E-state index in [1.54, 1.807) is 12.3 Å². The van der Waals surface area contributed by atoms with Crippen molar-refractivity contribution < 1.29 is 9.13 Å². The lowest BCUT2D eigenvalue weighted by Crippen LogP contribution is -2.21. The Bertz CT molecular complexity index is 450. The summed E-state index contributed by atoms with van der Waals surface area (Å²) in [7, 11) is -0.914. The molecule has 0 bridgehead atoms. The summed E-state index contributed by atoms with van der Waals surface area (Å²) in [6.07, 6.45) is 1.63. The number of nitrogens with two attached hydrogens (primary N) is 1. The topological polar surface area (TPSA) is 98.3 Å². The summed E-state index contributed by atoms with van der Waals surface area (Å²) < 4.78 is 11.1. The lowest BCUT2D eigenvalue weighted by molar-refractivity contribution is -0.384. The maximum absolute atomic E-state index is 11.1. The summed E-state index contributed by atoms with van der Waals surface area (Å²) in [5.74, 6) is 0. The number of hydrogen-bond donors (Lipinski definition) is 2. The van der Waals surface area contributed by atoms with Crippen molar-refractivity contribution in [1.82, 2.24) is 0 Å². The highest BCUT2D eigenvalue weighted by atomic mass is 32.2. The van der Waals surface area contributed by atoms with Crippen molar-refractivity contribution in [2.45, 2.75) is 12.2 Å². The van der Waals surface area contributed by atoms with Crippen LogP contribution in [0.3, 0.4) is 0 Å². The first-order valence-electron chi connectivity index (χ1n) is 5.02. The first-order valence-corrected chi connectivity index (χ1v) is 6.64. The minimum atomic E-state index is -0.914. The van der Waals surface area contributed by atoms with Gasteiger partial charge in [-0.2, -0.15) is 0 Å². The molecule has 2 unspecified atom stereocenters. The molecule has 94 valence electrons. The number of nitro benzene ring substituents is 1. The van der Waals surface area contributed by atoms with Crippen LogP contribution in [0.15, 0.2) is 18.2 Å². The van der Waals surface area contributed by atoms with E-state index in [2.05, 4.69) is 5.32 Å². The molecule has 1 aromatic rings. The highest BCUT2D eigenvalue weighted by molar-refractivity contribution is 7.84. The summed E-state index contributed by atoms with van der Waals surface area (Å²) >= 11 is 0. The summed E-state index contributed by atoms with van der Waals surface area (Å²) in [6.45, 7) is 2.36.